The van der Waals surface area contributed by atoms with Gasteiger partial charge in [-0.25, -0.2) is 4.39 Å². The second-order valence-electron chi connectivity index (χ2n) is 4.45. The molecule has 0 saturated carbocycles. The molecule has 96 valence electrons. The average Bonchev–Trinajstić information content (AvgIpc) is 2.65. The Morgan fingerprint density at radius 2 is 2.06 bits per heavy atom. The monoisotopic (exact) mass is 283 g/mol. The van der Waals surface area contributed by atoms with Gasteiger partial charge in [-0.15, -0.1) is 11.3 Å². The van der Waals surface area contributed by atoms with Crippen molar-refractivity contribution in [3.05, 3.63) is 56.0 Å². The highest BCUT2D eigenvalue weighted by Gasteiger charge is 2.12. The fourth-order valence-corrected chi connectivity index (χ4v) is 3.05. The SMILES string of the molecule is Cc1cc(C(N)Cc2ccc(F)c(Cl)c2)sc1C. The Hall–Kier alpha value is -0.900. The Kier molecular flexibility index (Phi) is 4.05. The molecule has 0 spiro atoms. The number of hydrogen-bond acceptors (Lipinski definition) is 2. The number of aryl methyl sites for hydroxylation is 2. The maximum atomic E-state index is 13.1. The highest BCUT2D eigenvalue weighted by Crippen LogP contribution is 2.28. The summed E-state index contributed by atoms with van der Waals surface area (Å²) < 4.78 is 13.1. The number of halogens is 2. The zero-order valence-corrected chi connectivity index (χ0v) is 11.9. The normalized spacial score (nSPS) is 12.7. The summed E-state index contributed by atoms with van der Waals surface area (Å²) in [5, 5.41) is 0.151. The summed E-state index contributed by atoms with van der Waals surface area (Å²) in [4.78, 5) is 2.45. The lowest BCUT2D eigenvalue weighted by atomic mass is 10.0. The van der Waals surface area contributed by atoms with E-state index in [4.69, 9.17) is 17.3 Å². The van der Waals surface area contributed by atoms with Gasteiger partial charge in [0.2, 0.25) is 0 Å². The van der Waals surface area contributed by atoms with Gasteiger partial charge in [0.25, 0.3) is 0 Å². The van der Waals surface area contributed by atoms with Crippen molar-refractivity contribution in [3.8, 4) is 0 Å². The molecule has 0 aliphatic heterocycles. The van der Waals surface area contributed by atoms with Crippen molar-refractivity contribution in [3.63, 3.8) is 0 Å². The third kappa shape index (κ3) is 2.91. The molecule has 2 N–H and O–H groups in total. The Morgan fingerprint density at radius 3 is 2.61 bits per heavy atom. The van der Waals surface area contributed by atoms with Crippen LogP contribution in [0, 0.1) is 19.7 Å². The molecule has 1 aromatic heterocycles. The fraction of sp³-hybridized carbons (Fsp3) is 0.286. The molecule has 1 heterocycles. The van der Waals surface area contributed by atoms with E-state index in [2.05, 4.69) is 19.9 Å². The van der Waals surface area contributed by atoms with E-state index in [9.17, 15) is 4.39 Å². The summed E-state index contributed by atoms with van der Waals surface area (Å²) >= 11 is 7.48. The average molecular weight is 284 g/mol. The van der Waals surface area contributed by atoms with Crippen molar-refractivity contribution in [2.75, 3.05) is 0 Å². The van der Waals surface area contributed by atoms with Gasteiger partial charge in [0.05, 0.1) is 5.02 Å². The predicted molar refractivity (Wildman–Crippen MR) is 75.8 cm³/mol. The molecular weight excluding hydrogens is 269 g/mol. The smallest absolute Gasteiger partial charge is 0.141 e. The molecule has 4 heteroatoms. The molecule has 1 aromatic carbocycles. The predicted octanol–water partition coefficient (Wildman–Crippen LogP) is 4.40. The molecule has 0 saturated heterocycles. The van der Waals surface area contributed by atoms with Crippen LogP contribution in [0.2, 0.25) is 5.02 Å². The lowest BCUT2D eigenvalue weighted by Crippen LogP contribution is -2.11. The maximum absolute atomic E-state index is 13.1. The van der Waals surface area contributed by atoms with Crippen LogP contribution in [0.25, 0.3) is 0 Å². The summed E-state index contributed by atoms with van der Waals surface area (Å²) in [6.07, 6.45) is 0.666. The fourth-order valence-electron chi connectivity index (χ4n) is 1.81. The molecule has 1 atom stereocenters. The zero-order valence-electron chi connectivity index (χ0n) is 10.3. The topological polar surface area (TPSA) is 26.0 Å². The van der Waals surface area contributed by atoms with Crippen molar-refractivity contribution >= 4 is 22.9 Å². The molecular formula is C14H15ClFNS. The van der Waals surface area contributed by atoms with Gasteiger partial charge in [-0.2, -0.15) is 0 Å². The van der Waals surface area contributed by atoms with Gasteiger partial charge >= 0.3 is 0 Å². The van der Waals surface area contributed by atoms with Crippen LogP contribution in [0.4, 0.5) is 4.39 Å². The van der Waals surface area contributed by atoms with E-state index in [-0.39, 0.29) is 11.1 Å². The van der Waals surface area contributed by atoms with Crippen molar-refractivity contribution < 1.29 is 4.39 Å². The first kappa shape index (κ1) is 13.5. The molecule has 0 radical (unpaired) electrons. The van der Waals surface area contributed by atoms with Crippen LogP contribution in [-0.4, -0.2) is 0 Å². The minimum Gasteiger partial charge on any atom is -0.323 e. The molecule has 2 aromatic rings. The van der Waals surface area contributed by atoms with E-state index in [0.717, 1.165) is 10.4 Å². The van der Waals surface area contributed by atoms with Crippen LogP contribution in [-0.2, 0) is 6.42 Å². The van der Waals surface area contributed by atoms with Gasteiger partial charge < -0.3 is 5.73 Å². The van der Waals surface area contributed by atoms with Gasteiger partial charge in [-0.05, 0) is 49.6 Å². The quantitative estimate of drug-likeness (QED) is 0.888. The molecule has 0 fully saturated rings. The van der Waals surface area contributed by atoms with Gasteiger partial charge in [0.1, 0.15) is 5.82 Å². The molecule has 0 aliphatic rings. The van der Waals surface area contributed by atoms with Crippen LogP contribution in [0.1, 0.15) is 26.9 Å². The van der Waals surface area contributed by atoms with Crippen molar-refractivity contribution in [2.24, 2.45) is 5.73 Å². The van der Waals surface area contributed by atoms with Crippen LogP contribution in [0.15, 0.2) is 24.3 Å². The minimum atomic E-state index is -0.392. The van der Waals surface area contributed by atoms with E-state index < -0.39 is 5.82 Å². The number of nitrogens with two attached hydrogens (primary N) is 1. The summed E-state index contributed by atoms with van der Waals surface area (Å²) in [5.41, 5.74) is 8.39. The third-order valence-corrected chi connectivity index (χ3v) is 4.56. The number of thiophene rings is 1. The lowest BCUT2D eigenvalue weighted by Gasteiger charge is -2.10. The third-order valence-electron chi connectivity index (χ3n) is 2.99. The number of benzene rings is 1. The highest BCUT2D eigenvalue weighted by atomic mass is 35.5. The molecule has 1 nitrogen and oxygen atoms in total. The van der Waals surface area contributed by atoms with E-state index in [1.165, 1.54) is 16.5 Å². The first-order valence-electron chi connectivity index (χ1n) is 5.74. The van der Waals surface area contributed by atoms with Crippen molar-refractivity contribution in [1.82, 2.24) is 0 Å². The minimum absolute atomic E-state index is 0.0658. The van der Waals surface area contributed by atoms with Crippen LogP contribution in [0.3, 0.4) is 0 Å². The molecule has 2 rings (SSSR count). The summed E-state index contributed by atoms with van der Waals surface area (Å²) in [6.45, 7) is 4.17. The number of rotatable bonds is 3. The van der Waals surface area contributed by atoms with E-state index in [1.807, 2.05) is 0 Å². The first-order valence-corrected chi connectivity index (χ1v) is 6.93. The Labute approximate surface area is 115 Å². The van der Waals surface area contributed by atoms with E-state index >= 15 is 0 Å². The Bertz CT molecular complexity index is 545. The lowest BCUT2D eigenvalue weighted by molar-refractivity contribution is 0.626. The second-order valence-corrected chi connectivity index (χ2v) is 6.14. The van der Waals surface area contributed by atoms with Gasteiger partial charge in [0.15, 0.2) is 0 Å². The van der Waals surface area contributed by atoms with Crippen molar-refractivity contribution in [2.45, 2.75) is 26.3 Å². The summed E-state index contributed by atoms with van der Waals surface area (Å²) in [5.74, 6) is -0.392. The Morgan fingerprint density at radius 1 is 1.33 bits per heavy atom. The van der Waals surface area contributed by atoms with E-state index in [1.54, 1.807) is 23.5 Å². The van der Waals surface area contributed by atoms with Crippen LogP contribution in [0.5, 0.6) is 0 Å². The molecule has 18 heavy (non-hydrogen) atoms. The Balaban J connectivity index is 2.15. The molecule has 0 aliphatic carbocycles. The highest BCUT2D eigenvalue weighted by molar-refractivity contribution is 7.12. The number of hydrogen-bond donors (Lipinski definition) is 1. The van der Waals surface area contributed by atoms with Crippen LogP contribution >= 0.6 is 22.9 Å². The summed E-state index contributed by atoms with van der Waals surface area (Å²) in [6, 6.07) is 6.81. The second kappa shape index (κ2) is 5.39. The van der Waals surface area contributed by atoms with E-state index in [0.29, 0.717) is 6.42 Å². The van der Waals surface area contributed by atoms with Gasteiger partial charge in [-0.1, -0.05) is 17.7 Å². The standard InChI is InChI=1S/C14H15ClFNS/c1-8-5-14(18-9(8)2)13(17)7-10-3-4-12(16)11(15)6-10/h3-6,13H,7,17H2,1-2H3. The van der Waals surface area contributed by atoms with Crippen molar-refractivity contribution in [1.29, 1.82) is 0 Å². The van der Waals surface area contributed by atoms with Gasteiger partial charge in [0, 0.05) is 15.8 Å². The van der Waals surface area contributed by atoms with Crippen LogP contribution < -0.4 is 5.73 Å². The van der Waals surface area contributed by atoms with Gasteiger partial charge in [-0.3, -0.25) is 0 Å². The first-order chi connectivity index (χ1) is 8.47. The molecule has 0 bridgehead atoms. The zero-order chi connectivity index (χ0) is 13.3. The maximum Gasteiger partial charge on any atom is 0.141 e. The molecule has 0 amide bonds. The molecule has 1 unspecified atom stereocenters. The summed E-state index contributed by atoms with van der Waals surface area (Å²) in [7, 11) is 0. The largest absolute Gasteiger partial charge is 0.323 e.